The number of nitrogens with zero attached hydrogens (tertiary/aromatic N) is 5. The van der Waals surface area contributed by atoms with Crippen LogP contribution in [0.4, 0.5) is 9.18 Å². The SMILES string of the molecule is Cc1cc(Cl)cc(-c2ncnn3cc(Cn4cc(F)c(=O)[nH]c4=O)cc23)c1CC1CN(C(=O)O)CCO1. The number of aromatic amines is 1. The van der Waals surface area contributed by atoms with E-state index >= 15 is 0 Å². The van der Waals surface area contributed by atoms with Gasteiger partial charge < -0.3 is 14.7 Å². The van der Waals surface area contributed by atoms with Crippen molar-refractivity contribution in [3.63, 3.8) is 0 Å². The molecule has 0 bridgehead atoms. The van der Waals surface area contributed by atoms with Gasteiger partial charge in [0, 0.05) is 29.7 Å². The number of H-pyrrole nitrogens is 1. The highest BCUT2D eigenvalue weighted by molar-refractivity contribution is 6.31. The van der Waals surface area contributed by atoms with E-state index < -0.39 is 23.2 Å². The van der Waals surface area contributed by atoms with E-state index in [1.807, 2.05) is 18.0 Å². The Balaban J connectivity index is 1.54. The van der Waals surface area contributed by atoms with Crippen molar-refractivity contribution in [1.82, 2.24) is 29.0 Å². The maximum atomic E-state index is 13.7. The summed E-state index contributed by atoms with van der Waals surface area (Å²) in [6.07, 6.45) is 3.05. The Hall–Kier alpha value is -4.03. The van der Waals surface area contributed by atoms with Crippen LogP contribution in [0.2, 0.25) is 5.02 Å². The van der Waals surface area contributed by atoms with Gasteiger partial charge in [-0.2, -0.15) is 9.49 Å². The predicted molar refractivity (Wildman–Crippen MR) is 132 cm³/mol. The van der Waals surface area contributed by atoms with Crippen LogP contribution in [0.1, 0.15) is 16.7 Å². The van der Waals surface area contributed by atoms with Gasteiger partial charge in [-0.1, -0.05) is 11.6 Å². The fourth-order valence-electron chi connectivity index (χ4n) is 4.57. The molecule has 11 nitrogen and oxygen atoms in total. The fourth-order valence-corrected chi connectivity index (χ4v) is 4.85. The summed E-state index contributed by atoms with van der Waals surface area (Å²) in [5.74, 6) is -1.06. The van der Waals surface area contributed by atoms with Gasteiger partial charge >= 0.3 is 11.8 Å². The number of benzene rings is 1. The van der Waals surface area contributed by atoms with Crippen molar-refractivity contribution in [2.24, 2.45) is 0 Å². The molecule has 4 heterocycles. The molecule has 1 unspecified atom stereocenters. The van der Waals surface area contributed by atoms with Crippen LogP contribution >= 0.6 is 11.6 Å². The summed E-state index contributed by atoms with van der Waals surface area (Å²) in [5, 5.41) is 14.2. The summed E-state index contributed by atoms with van der Waals surface area (Å²) >= 11 is 6.42. The molecule has 2 N–H and O–H groups in total. The minimum atomic E-state index is -1.08. The van der Waals surface area contributed by atoms with Gasteiger partial charge in [-0.3, -0.25) is 14.3 Å². The van der Waals surface area contributed by atoms with Crippen LogP contribution in [0.5, 0.6) is 0 Å². The minimum Gasteiger partial charge on any atom is -0.465 e. The summed E-state index contributed by atoms with van der Waals surface area (Å²) in [5.41, 5.74) is 2.56. The molecule has 3 aromatic heterocycles. The number of nitrogens with one attached hydrogen (secondary N) is 1. The third kappa shape index (κ3) is 4.98. The van der Waals surface area contributed by atoms with E-state index in [4.69, 9.17) is 16.3 Å². The molecule has 1 saturated heterocycles. The van der Waals surface area contributed by atoms with Crippen molar-refractivity contribution in [3.8, 4) is 11.3 Å². The van der Waals surface area contributed by atoms with Gasteiger partial charge in [0.2, 0.25) is 5.82 Å². The third-order valence-corrected chi connectivity index (χ3v) is 6.54. The number of rotatable bonds is 5. The summed E-state index contributed by atoms with van der Waals surface area (Å²) in [4.78, 5) is 42.7. The zero-order valence-corrected chi connectivity index (χ0v) is 20.4. The normalized spacial score (nSPS) is 15.9. The van der Waals surface area contributed by atoms with Crippen LogP contribution in [0.3, 0.4) is 0 Å². The highest BCUT2D eigenvalue weighted by atomic mass is 35.5. The smallest absolute Gasteiger partial charge is 0.407 e. The molecule has 37 heavy (non-hydrogen) atoms. The number of halogens is 2. The van der Waals surface area contributed by atoms with Gasteiger partial charge in [0.25, 0.3) is 5.56 Å². The first-order valence-corrected chi connectivity index (χ1v) is 11.8. The molecule has 1 aliphatic heterocycles. The standard InChI is InChI=1S/C24H22ClFN6O5/c1-13-4-15(25)6-18(17(13)7-16-10-30(24(35)36)2-3-37-16)21-20-5-14(9-32(20)28-12-27-21)8-31-11-19(26)22(33)29-23(31)34/h4-6,9,11-12,16H,2-3,7-8,10H2,1H3,(H,35,36)(H,29,33,34). The van der Waals surface area contributed by atoms with Crippen molar-refractivity contribution in [1.29, 1.82) is 0 Å². The number of aromatic nitrogens is 5. The number of morpholine rings is 1. The Morgan fingerprint density at radius 1 is 1.30 bits per heavy atom. The van der Waals surface area contributed by atoms with Crippen molar-refractivity contribution >= 4 is 23.2 Å². The number of fused-ring (bicyclic) bond motifs is 1. The van der Waals surface area contributed by atoms with Gasteiger partial charge in [0.1, 0.15) is 6.33 Å². The molecule has 13 heteroatoms. The molecule has 0 radical (unpaired) electrons. The highest BCUT2D eigenvalue weighted by Gasteiger charge is 2.26. The first-order chi connectivity index (χ1) is 17.7. The van der Waals surface area contributed by atoms with Crippen molar-refractivity contribution in [3.05, 3.63) is 85.3 Å². The zero-order valence-electron chi connectivity index (χ0n) is 19.6. The average molecular weight is 529 g/mol. The summed E-state index contributed by atoms with van der Waals surface area (Å²) < 4.78 is 22.3. The van der Waals surface area contributed by atoms with Gasteiger partial charge in [0.15, 0.2) is 0 Å². The van der Waals surface area contributed by atoms with E-state index in [-0.39, 0.29) is 19.2 Å². The van der Waals surface area contributed by atoms with Crippen LogP contribution in [0.15, 0.2) is 46.5 Å². The lowest BCUT2D eigenvalue weighted by molar-refractivity contribution is -0.0210. The number of carbonyl (C=O) groups is 1. The van der Waals surface area contributed by atoms with Crippen molar-refractivity contribution in [2.75, 3.05) is 19.7 Å². The Morgan fingerprint density at radius 3 is 2.89 bits per heavy atom. The van der Waals surface area contributed by atoms with E-state index in [0.717, 1.165) is 27.5 Å². The molecule has 4 aromatic rings. The molecular formula is C24H22ClFN6O5. The maximum absolute atomic E-state index is 13.7. The molecule has 5 rings (SSSR count). The molecule has 1 amide bonds. The molecular weight excluding hydrogens is 507 g/mol. The largest absolute Gasteiger partial charge is 0.465 e. The second-order valence-corrected chi connectivity index (χ2v) is 9.26. The number of aryl methyl sites for hydroxylation is 1. The number of amides is 1. The molecule has 1 aromatic carbocycles. The molecule has 0 aliphatic carbocycles. The van der Waals surface area contributed by atoms with Crippen LogP contribution in [0.25, 0.3) is 16.8 Å². The third-order valence-electron chi connectivity index (χ3n) is 6.32. The molecule has 192 valence electrons. The first kappa shape index (κ1) is 24.7. The second kappa shape index (κ2) is 9.79. The van der Waals surface area contributed by atoms with Gasteiger partial charge in [0.05, 0.1) is 43.2 Å². The fraction of sp³-hybridized carbons (Fsp3) is 0.292. The van der Waals surface area contributed by atoms with Crippen LogP contribution < -0.4 is 11.2 Å². The molecule has 1 fully saturated rings. The Morgan fingerprint density at radius 2 is 2.11 bits per heavy atom. The lowest BCUT2D eigenvalue weighted by atomic mass is 9.93. The van der Waals surface area contributed by atoms with Crippen LogP contribution in [-0.4, -0.2) is 66.0 Å². The Labute approximate surface area is 213 Å². The van der Waals surface area contributed by atoms with E-state index in [1.54, 1.807) is 22.8 Å². The van der Waals surface area contributed by atoms with Gasteiger partial charge in [-0.15, -0.1) is 0 Å². The average Bonchev–Trinajstić information content (AvgIpc) is 3.27. The molecule has 1 atom stereocenters. The van der Waals surface area contributed by atoms with E-state index in [1.165, 1.54) is 11.2 Å². The predicted octanol–water partition coefficient (Wildman–Crippen LogP) is 2.32. The number of ether oxygens (including phenoxy) is 1. The lowest BCUT2D eigenvalue weighted by Gasteiger charge is -2.31. The first-order valence-electron chi connectivity index (χ1n) is 11.4. The zero-order chi connectivity index (χ0) is 26.3. The highest BCUT2D eigenvalue weighted by Crippen LogP contribution is 2.33. The minimum absolute atomic E-state index is 0.00228. The molecule has 0 spiro atoms. The lowest BCUT2D eigenvalue weighted by Crippen LogP contribution is -2.45. The summed E-state index contributed by atoms with van der Waals surface area (Å²) in [7, 11) is 0. The second-order valence-electron chi connectivity index (χ2n) is 8.83. The van der Waals surface area contributed by atoms with Crippen LogP contribution in [-0.2, 0) is 17.7 Å². The van der Waals surface area contributed by atoms with Gasteiger partial charge in [-0.05, 0) is 41.8 Å². The van der Waals surface area contributed by atoms with E-state index in [2.05, 4.69) is 10.1 Å². The number of hydrogen-bond donors (Lipinski definition) is 2. The summed E-state index contributed by atoms with van der Waals surface area (Å²) in [6.45, 7) is 2.79. The maximum Gasteiger partial charge on any atom is 0.407 e. The van der Waals surface area contributed by atoms with Crippen molar-refractivity contribution in [2.45, 2.75) is 26.0 Å². The molecule has 0 saturated carbocycles. The monoisotopic (exact) mass is 528 g/mol. The van der Waals surface area contributed by atoms with Gasteiger partial charge in [-0.25, -0.2) is 19.1 Å². The number of carboxylic acid groups (broad SMARTS) is 1. The number of hydrogen-bond acceptors (Lipinski definition) is 6. The van der Waals surface area contributed by atoms with E-state index in [9.17, 15) is 23.9 Å². The Bertz CT molecular complexity index is 1630. The van der Waals surface area contributed by atoms with E-state index in [0.29, 0.717) is 41.4 Å². The summed E-state index contributed by atoms with van der Waals surface area (Å²) in [6, 6.07) is 5.39. The Kier molecular flexibility index (Phi) is 6.52. The topological polar surface area (TPSA) is 135 Å². The van der Waals surface area contributed by atoms with Crippen molar-refractivity contribution < 1.29 is 19.0 Å². The quantitative estimate of drug-likeness (QED) is 0.406. The molecule has 1 aliphatic rings. The van der Waals surface area contributed by atoms with Crippen LogP contribution in [0, 0.1) is 12.7 Å².